The SMILES string of the molecule is Cc1ccc2c(CCNC(=O)c3ccc4c(c3)Cc3cccc(c3)CN(CCC(C)C)CCOCCO4)c(C)n(C)c2c1. The zero-order chi connectivity index (χ0) is 30.3. The maximum atomic E-state index is 13.3. The van der Waals surface area contributed by atoms with E-state index in [-0.39, 0.29) is 5.91 Å². The van der Waals surface area contributed by atoms with Crippen LogP contribution in [0.2, 0.25) is 0 Å². The zero-order valence-corrected chi connectivity index (χ0v) is 26.5. The number of benzene rings is 3. The summed E-state index contributed by atoms with van der Waals surface area (Å²) in [4.78, 5) is 15.8. The van der Waals surface area contributed by atoms with Crippen LogP contribution in [0.3, 0.4) is 0 Å². The van der Waals surface area contributed by atoms with E-state index in [9.17, 15) is 4.79 Å². The number of ether oxygens (including phenoxy) is 2. The van der Waals surface area contributed by atoms with Crippen LogP contribution in [0.5, 0.6) is 5.75 Å². The van der Waals surface area contributed by atoms with E-state index in [2.05, 4.69) is 92.0 Å². The number of fused-ring (bicyclic) bond motifs is 4. The Hall–Kier alpha value is -3.61. The van der Waals surface area contributed by atoms with Gasteiger partial charge in [0.25, 0.3) is 5.91 Å². The van der Waals surface area contributed by atoms with Gasteiger partial charge in [-0.1, -0.05) is 50.2 Å². The quantitative estimate of drug-likeness (QED) is 0.267. The van der Waals surface area contributed by atoms with Crippen LogP contribution in [0, 0.1) is 19.8 Å². The van der Waals surface area contributed by atoms with Gasteiger partial charge in [0.1, 0.15) is 12.4 Å². The lowest BCUT2D eigenvalue weighted by Crippen LogP contribution is -2.29. The van der Waals surface area contributed by atoms with E-state index in [1.807, 2.05) is 18.2 Å². The average Bonchev–Trinajstić information content (AvgIpc) is 3.21. The maximum absolute atomic E-state index is 13.3. The van der Waals surface area contributed by atoms with E-state index < -0.39 is 0 Å². The zero-order valence-electron chi connectivity index (χ0n) is 26.5. The second kappa shape index (κ2) is 14.2. The molecule has 1 aliphatic heterocycles. The first-order valence-corrected chi connectivity index (χ1v) is 15.7. The number of aromatic nitrogens is 1. The molecule has 0 atom stereocenters. The highest BCUT2D eigenvalue weighted by Gasteiger charge is 2.16. The highest BCUT2D eigenvalue weighted by atomic mass is 16.5. The summed E-state index contributed by atoms with van der Waals surface area (Å²) in [6, 6.07) is 21.2. The van der Waals surface area contributed by atoms with Gasteiger partial charge in [-0.25, -0.2) is 0 Å². The minimum absolute atomic E-state index is 0.0613. The average molecular weight is 582 g/mol. The van der Waals surface area contributed by atoms with Crippen molar-refractivity contribution in [3.8, 4) is 5.75 Å². The van der Waals surface area contributed by atoms with Crippen LogP contribution < -0.4 is 10.1 Å². The summed E-state index contributed by atoms with van der Waals surface area (Å²) in [5.74, 6) is 1.42. The van der Waals surface area contributed by atoms with Gasteiger partial charge < -0.3 is 19.4 Å². The van der Waals surface area contributed by atoms with Crippen molar-refractivity contribution in [1.82, 2.24) is 14.8 Å². The number of hydrogen-bond donors (Lipinski definition) is 1. The lowest BCUT2D eigenvalue weighted by atomic mass is 9.99. The topological polar surface area (TPSA) is 55.7 Å². The molecule has 6 nitrogen and oxygen atoms in total. The first-order valence-electron chi connectivity index (χ1n) is 15.7. The van der Waals surface area contributed by atoms with Crippen LogP contribution in [-0.4, -0.2) is 54.8 Å². The Morgan fingerprint density at radius 1 is 0.977 bits per heavy atom. The molecule has 1 amide bonds. The molecule has 0 saturated heterocycles. The van der Waals surface area contributed by atoms with Crippen LogP contribution in [-0.2, 0) is 31.2 Å². The van der Waals surface area contributed by atoms with Gasteiger partial charge in [0.2, 0.25) is 0 Å². The third-order valence-electron chi connectivity index (χ3n) is 8.61. The molecular formula is C37H47N3O3. The Morgan fingerprint density at radius 2 is 1.81 bits per heavy atom. The van der Waals surface area contributed by atoms with E-state index >= 15 is 0 Å². The predicted octanol–water partition coefficient (Wildman–Crippen LogP) is 6.62. The van der Waals surface area contributed by atoms with Crippen LogP contribution in [0.25, 0.3) is 10.9 Å². The summed E-state index contributed by atoms with van der Waals surface area (Å²) in [6.45, 7) is 14.0. The Balaban J connectivity index is 1.30. The van der Waals surface area contributed by atoms with E-state index in [1.165, 1.54) is 45.3 Å². The van der Waals surface area contributed by atoms with Crippen molar-refractivity contribution in [3.05, 3.63) is 99.7 Å². The Morgan fingerprint density at radius 3 is 2.65 bits per heavy atom. The highest BCUT2D eigenvalue weighted by molar-refractivity contribution is 5.94. The molecule has 5 rings (SSSR count). The number of aryl methyl sites for hydroxylation is 2. The van der Waals surface area contributed by atoms with Gasteiger partial charge in [0, 0.05) is 55.3 Å². The minimum Gasteiger partial charge on any atom is -0.491 e. The minimum atomic E-state index is -0.0613. The molecule has 2 bridgehead atoms. The molecule has 0 fully saturated rings. The van der Waals surface area contributed by atoms with E-state index in [4.69, 9.17) is 9.47 Å². The van der Waals surface area contributed by atoms with Gasteiger partial charge in [0.05, 0.1) is 13.2 Å². The van der Waals surface area contributed by atoms with E-state index in [0.29, 0.717) is 44.3 Å². The number of nitrogens with zero attached hydrogens (tertiary/aromatic N) is 2. The third-order valence-corrected chi connectivity index (χ3v) is 8.61. The van der Waals surface area contributed by atoms with Crippen LogP contribution in [0.15, 0.2) is 60.7 Å². The van der Waals surface area contributed by atoms with Gasteiger partial charge in [-0.2, -0.15) is 0 Å². The van der Waals surface area contributed by atoms with Gasteiger partial charge in [-0.15, -0.1) is 0 Å². The molecule has 1 aromatic heterocycles. The van der Waals surface area contributed by atoms with Crippen LogP contribution >= 0.6 is 0 Å². The number of hydrogen-bond acceptors (Lipinski definition) is 4. The largest absolute Gasteiger partial charge is 0.491 e. The summed E-state index contributed by atoms with van der Waals surface area (Å²) in [7, 11) is 2.11. The fourth-order valence-electron chi connectivity index (χ4n) is 6.00. The Bertz CT molecular complexity index is 1550. The van der Waals surface area contributed by atoms with Crippen molar-refractivity contribution < 1.29 is 14.3 Å². The molecule has 3 aromatic carbocycles. The molecule has 4 aromatic rings. The smallest absolute Gasteiger partial charge is 0.251 e. The monoisotopic (exact) mass is 581 g/mol. The number of carbonyl (C=O) groups excluding carboxylic acids is 1. The van der Waals surface area contributed by atoms with Crippen molar-refractivity contribution in [2.75, 3.05) is 39.5 Å². The van der Waals surface area contributed by atoms with Gasteiger partial charge in [-0.05, 0) is 91.2 Å². The summed E-state index contributed by atoms with van der Waals surface area (Å²) in [5.41, 5.74) is 9.21. The highest BCUT2D eigenvalue weighted by Crippen LogP contribution is 2.27. The van der Waals surface area contributed by atoms with Crippen LogP contribution in [0.4, 0.5) is 0 Å². The normalized spacial score (nSPS) is 14.7. The van der Waals surface area contributed by atoms with Gasteiger partial charge in [-0.3, -0.25) is 9.69 Å². The fourth-order valence-corrected chi connectivity index (χ4v) is 6.00. The number of carbonyl (C=O) groups is 1. The van der Waals surface area contributed by atoms with Crippen molar-refractivity contribution >= 4 is 16.8 Å². The molecule has 6 heteroatoms. The first kappa shape index (κ1) is 30.8. The molecule has 228 valence electrons. The molecule has 0 aliphatic carbocycles. The molecule has 0 radical (unpaired) electrons. The van der Waals surface area contributed by atoms with Crippen molar-refractivity contribution in [1.29, 1.82) is 0 Å². The maximum Gasteiger partial charge on any atom is 0.251 e. The van der Waals surface area contributed by atoms with Crippen molar-refractivity contribution in [2.45, 2.75) is 53.5 Å². The molecular weight excluding hydrogens is 534 g/mol. The number of amides is 1. The second-order valence-corrected chi connectivity index (χ2v) is 12.4. The number of nitrogens with one attached hydrogen (secondary N) is 1. The van der Waals surface area contributed by atoms with Gasteiger partial charge >= 0.3 is 0 Å². The van der Waals surface area contributed by atoms with Crippen LogP contribution in [0.1, 0.15) is 64.1 Å². The molecule has 0 saturated carbocycles. The summed E-state index contributed by atoms with van der Waals surface area (Å²) in [6.07, 6.45) is 2.65. The lowest BCUT2D eigenvalue weighted by molar-refractivity contribution is 0.0764. The van der Waals surface area contributed by atoms with Crippen molar-refractivity contribution in [3.63, 3.8) is 0 Å². The molecule has 0 spiro atoms. The molecule has 1 N–H and O–H groups in total. The summed E-state index contributed by atoms with van der Waals surface area (Å²) < 4.78 is 14.4. The standard InChI is InChI=1S/C37H47N3O3/c1-26(2)14-16-40-17-18-42-19-20-43-36-12-10-31(24-32(36)23-29-7-6-8-30(22-29)25-40)37(41)38-15-13-33-28(4)39(5)35-21-27(3)9-11-34(33)35/h6-12,21-22,24,26H,13-20,23,25H2,1-5H3,(H,38,41). The van der Waals surface area contributed by atoms with Crippen molar-refractivity contribution in [2.24, 2.45) is 13.0 Å². The predicted molar refractivity (Wildman–Crippen MR) is 175 cm³/mol. The molecule has 1 aliphatic rings. The molecule has 43 heavy (non-hydrogen) atoms. The third kappa shape index (κ3) is 7.87. The first-order chi connectivity index (χ1) is 20.8. The fraction of sp³-hybridized carbons (Fsp3) is 0.432. The van der Waals surface area contributed by atoms with E-state index in [1.54, 1.807) is 0 Å². The Labute approximate surface area is 257 Å². The Kier molecular flexibility index (Phi) is 10.2. The van der Waals surface area contributed by atoms with E-state index in [0.717, 1.165) is 37.4 Å². The second-order valence-electron chi connectivity index (χ2n) is 12.4. The molecule has 2 heterocycles. The lowest BCUT2D eigenvalue weighted by Gasteiger charge is -2.24. The number of rotatable bonds is 7. The van der Waals surface area contributed by atoms with Gasteiger partial charge in [0.15, 0.2) is 0 Å². The molecule has 0 unspecified atom stereocenters. The summed E-state index contributed by atoms with van der Waals surface area (Å²) >= 11 is 0. The summed E-state index contributed by atoms with van der Waals surface area (Å²) in [5, 5.41) is 4.43.